The molecule has 0 aromatic heterocycles. The average Bonchev–Trinajstić information content (AvgIpc) is 2.96. The molecule has 0 saturated carbocycles. The molecule has 2 unspecified atom stereocenters. The van der Waals surface area contributed by atoms with Crippen LogP contribution in [0.15, 0.2) is 0 Å². The minimum atomic E-state index is -1.20. The number of hydrogen-bond donors (Lipinski definition) is 8. The van der Waals surface area contributed by atoms with E-state index < -0.39 is 56.4 Å². The second kappa shape index (κ2) is 23.3. The van der Waals surface area contributed by atoms with E-state index in [9.17, 15) is 34.8 Å². The standard InChI is InChI=1S/C21H33N3O9.3C2H6/c1-11-17(20(32)22-6-14(29)8-26)12(2)19(24(4-5-25)16(31)10-28)13(3)18(11)21(33)23-7-15(30)9-27;3*1-2/h14-15,25-30H,4-10H2,1-3H3,(H,22,32)(H,23,33);3*1-2H3. The first-order valence-corrected chi connectivity index (χ1v) is 13.4. The molecule has 2 atom stereocenters. The third kappa shape index (κ3) is 12.4. The molecule has 0 fully saturated rings. The van der Waals surface area contributed by atoms with Crippen LogP contribution in [0, 0.1) is 20.8 Å². The van der Waals surface area contributed by atoms with Crippen LogP contribution in [0.4, 0.5) is 5.69 Å². The fraction of sp³-hybridized carbons (Fsp3) is 0.667. The van der Waals surface area contributed by atoms with Gasteiger partial charge in [0.25, 0.3) is 17.7 Å². The molecule has 0 aliphatic carbocycles. The van der Waals surface area contributed by atoms with Gasteiger partial charge in [-0.25, -0.2) is 0 Å². The third-order valence-electron chi connectivity index (χ3n) is 5.11. The summed E-state index contributed by atoms with van der Waals surface area (Å²) >= 11 is 0. The van der Waals surface area contributed by atoms with E-state index >= 15 is 0 Å². The number of aliphatic hydroxyl groups excluding tert-OH is 6. The maximum atomic E-state index is 13.0. The van der Waals surface area contributed by atoms with Crippen LogP contribution >= 0.6 is 0 Å². The van der Waals surface area contributed by atoms with Gasteiger partial charge in [-0.3, -0.25) is 14.4 Å². The zero-order valence-electron chi connectivity index (χ0n) is 25.0. The molecule has 0 radical (unpaired) electrons. The predicted molar refractivity (Wildman–Crippen MR) is 152 cm³/mol. The number of amides is 3. The van der Waals surface area contributed by atoms with Gasteiger partial charge in [0.15, 0.2) is 0 Å². The van der Waals surface area contributed by atoms with Crippen molar-refractivity contribution in [2.75, 3.05) is 51.0 Å². The van der Waals surface area contributed by atoms with Crippen molar-refractivity contribution in [2.45, 2.75) is 74.5 Å². The van der Waals surface area contributed by atoms with Gasteiger partial charge in [-0.05, 0) is 37.5 Å². The van der Waals surface area contributed by atoms with Gasteiger partial charge in [-0.2, -0.15) is 0 Å². The summed E-state index contributed by atoms with van der Waals surface area (Å²) in [4.78, 5) is 39.4. The Labute approximate surface area is 232 Å². The van der Waals surface area contributed by atoms with E-state index in [1.54, 1.807) is 13.8 Å². The predicted octanol–water partition coefficient (Wildman–Crippen LogP) is 0.174. The van der Waals surface area contributed by atoms with Gasteiger partial charge in [-0.15, -0.1) is 0 Å². The molecular weight excluding hydrogens is 510 g/mol. The first-order valence-electron chi connectivity index (χ1n) is 13.4. The Morgan fingerprint density at radius 3 is 1.33 bits per heavy atom. The van der Waals surface area contributed by atoms with Crippen molar-refractivity contribution in [1.82, 2.24) is 10.6 Å². The van der Waals surface area contributed by atoms with E-state index in [-0.39, 0.29) is 42.0 Å². The Balaban J connectivity index is -0.00000201. The summed E-state index contributed by atoms with van der Waals surface area (Å²) in [6.45, 7) is 13.4. The van der Waals surface area contributed by atoms with Gasteiger partial charge in [0.2, 0.25) is 0 Å². The van der Waals surface area contributed by atoms with E-state index in [1.165, 1.54) is 6.92 Å². The third-order valence-corrected chi connectivity index (χ3v) is 5.11. The zero-order valence-corrected chi connectivity index (χ0v) is 25.0. The highest BCUT2D eigenvalue weighted by atomic mass is 16.3. The van der Waals surface area contributed by atoms with Crippen molar-refractivity contribution >= 4 is 23.4 Å². The van der Waals surface area contributed by atoms with Gasteiger partial charge in [0.1, 0.15) is 6.61 Å². The van der Waals surface area contributed by atoms with E-state index in [4.69, 9.17) is 10.2 Å². The van der Waals surface area contributed by atoms with E-state index in [1.807, 2.05) is 41.5 Å². The largest absolute Gasteiger partial charge is 0.395 e. The minimum absolute atomic E-state index is 0.0299. The number of anilines is 1. The maximum Gasteiger partial charge on any atom is 0.252 e. The zero-order chi connectivity index (χ0) is 31.3. The molecule has 12 nitrogen and oxygen atoms in total. The first kappa shape index (κ1) is 40.9. The Bertz CT molecular complexity index is 810. The highest BCUT2D eigenvalue weighted by Gasteiger charge is 2.29. The van der Waals surface area contributed by atoms with E-state index in [0.717, 1.165) is 4.90 Å². The van der Waals surface area contributed by atoms with Gasteiger partial charge in [0.05, 0.1) is 37.7 Å². The molecule has 0 bridgehead atoms. The summed E-state index contributed by atoms with van der Waals surface area (Å²) in [6.07, 6.45) is -2.41. The number of rotatable bonds is 12. The molecule has 0 spiro atoms. The summed E-state index contributed by atoms with van der Waals surface area (Å²) < 4.78 is 0. The van der Waals surface area contributed by atoms with Crippen LogP contribution in [0.2, 0.25) is 0 Å². The lowest BCUT2D eigenvalue weighted by Gasteiger charge is -2.29. The summed E-state index contributed by atoms with van der Waals surface area (Å²) in [5.74, 6) is -2.12. The van der Waals surface area contributed by atoms with E-state index in [2.05, 4.69) is 10.6 Å². The summed E-state index contributed by atoms with van der Waals surface area (Å²) in [7, 11) is 0. The molecule has 0 aliphatic rings. The van der Waals surface area contributed by atoms with Crippen molar-refractivity contribution in [3.63, 3.8) is 0 Å². The molecule has 1 aromatic rings. The molecule has 228 valence electrons. The highest BCUT2D eigenvalue weighted by molar-refractivity contribution is 6.08. The topological polar surface area (TPSA) is 200 Å². The molecule has 0 heterocycles. The van der Waals surface area contributed by atoms with Gasteiger partial charge in [-0.1, -0.05) is 41.5 Å². The molecule has 1 aromatic carbocycles. The molecule has 0 aliphatic heterocycles. The molecule has 8 N–H and O–H groups in total. The Morgan fingerprint density at radius 1 is 0.692 bits per heavy atom. The second-order valence-corrected chi connectivity index (χ2v) is 7.49. The van der Waals surface area contributed by atoms with Crippen LogP contribution in [-0.4, -0.2) is 107 Å². The normalized spacial score (nSPS) is 11.3. The van der Waals surface area contributed by atoms with Crippen LogP contribution in [0.1, 0.15) is 78.9 Å². The van der Waals surface area contributed by atoms with Gasteiger partial charge >= 0.3 is 0 Å². The second-order valence-electron chi connectivity index (χ2n) is 7.49. The van der Waals surface area contributed by atoms with Crippen molar-refractivity contribution in [3.05, 3.63) is 27.8 Å². The number of hydrogen-bond acceptors (Lipinski definition) is 9. The minimum Gasteiger partial charge on any atom is -0.395 e. The molecule has 12 heteroatoms. The fourth-order valence-corrected chi connectivity index (χ4v) is 3.57. The van der Waals surface area contributed by atoms with Crippen LogP contribution < -0.4 is 15.5 Å². The molecule has 1 rings (SSSR count). The van der Waals surface area contributed by atoms with E-state index in [0.29, 0.717) is 11.1 Å². The van der Waals surface area contributed by atoms with Crippen LogP contribution in [0.25, 0.3) is 0 Å². The number of nitrogens with zero attached hydrogens (tertiary/aromatic N) is 1. The summed E-state index contributed by atoms with van der Waals surface area (Å²) in [5.41, 5.74) is 1.05. The summed E-state index contributed by atoms with van der Waals surface area (Å²) in [6, 6.07) is 0. The monoisotopic (exact) mass is 561 g/mol. The average molecular weight is 562 g/mol. The van der Waals surface area contributed by atoms with Crippen molar-refractivity contribution in [3.8, 4) is 0 Å². The maximum absolute atomic E-state index is 13.0. The number of aliphatic hydroxyl groups is 6. The Morgan fingerprint density at radius 2 is 1.05 bits per heavy atom. The first-order chi connectivity index (χ1) is 18.5. The number of nitrogens with one attached hydrogen (secondary N) is 2. The number of carbonyl (C=O) groups excluding carboxylic acids is 3. The van der Waals surface area contributed by atoms with Crippen molar-refractivity contribution in [2.24, 2.45) is 0 Å². The molecule has 3 amide bonds. The van der Waals surface area contributed by atoms with Crippen LogP contribution in [-0.2, 0) is 4.79 Å². The molecular formula is C27H51N3O9. The van der Waals surface area contributed by atoms with Crippen molar-refractivity contribution < 1.29 is 45.0 Å². The Hall–Kier alpha value is -2.61. The number of carbonyl (C=O) groups is 3. The summed E-state index contributed by atoms with van der Waals surface area (Å²) in [5, 5.41) is 60.9. The van der Waals surface area contributed by atoms with Gasteiger partial charge in [0, 0.05) is 30.8 Å². The highest BCUT2D eigenvalue weighted by Crippen LogP contribution is 2.34. The number of benzene rings is 1. The smallest absolute Gasteiger partial charge is 0.252 e. The SMILES string of the molecule is CC.CC.CC.Cc1c(C(=O)NCC(O)CO)c(C)c(N(CCO)C(=O)CO)c(C)c1C(=O)NCC(O)CO. The Kier molecular flexibility index (Phi) is 24.4. The molecule has 0 saturated heterocycles. The van der Waals surface area contributed by atoms with Crippen LogP contribution in [0.3, 0.4) is 0 Å². The van der Waals surface area contributed by atoms with Gasteiger partial charge < -0.3 is 46.2 Å². The lowest BCUT2D eigenvalue weighted by Crippen LogP contribution is -2.40. The lowest BCUT2D eigenvalue weighted by molar-refractivity contribution is -0.121. The lowest BCUT2D eigenvalue weighted by atomic mass is 9.89. The van der Waals surface area contributed by atoms with Crippen molar-refractivity contribution in [1.29, 1.82) is 0 Å². The quantitative estimate of drug-likeness (QED) is 0.175. The van der Waals surface area contributed by atoms with Crippen LogP contribution in [0.5, 0.6) is 0 Å². The fourth-order valence-electron chi connectivity index (χ4n) is 3.57. The molecule has 39 heavy (non-hydrogen) atoms.